The van der Waals surface area contributed by atoms with E-state index in [-0.39, 0.29) is 67.7 Å². The van der Waals surface area contributed by atoms with E-state index < -0.39 is 12.0 Å². The average Bonchev–Trinajstić information content (AvgIpc) is 3.14. The number of carbonyl (C=O) groups is 2. The Labute approximate surface area is 128 Å². The molecule has 1 aliphatic rings. The van der Waals surface area contributed by atoms with Gasteiger partial charge in [-0.1, -0.05) is 12.7 Å². The van der Waals surface area contributed by atoms with Gasteiger partial charge in [0.2, 0.25) is 0 Å². The van der Waals surface area contributed by atoms with Crippen molar-refractivity contribution in [3.63, 3.8) is 0 Å². The summed E-state index contributed by atoms with van der Waals surface area (Å²) in [6.07, 6.45) is 1.80. The van der Waals surface area contributed by atoms with Crippen LogP contribution in [0.25, 0.3) is 0 Å². The average molecular weight is 267 g/mol. The molecule has 0 spiro atoms. The van der Waals surface area contributed by atoms with Crippen molar-refractivity contribution in [3.05, 3.63) is 12.7 Å². The molecule has 0 aliphatic carbocycles. The summed E-state index contributed by atoms with van der Waals surface area (Å²) >= 11 is 0. The number of epoxide rings is 1. The maximum absolute atomic E-state index is 11.2. The standard InChI is InChI=1S/C11H17NO5.Na.H/c1-2-5-15-11(14)9(12)3-4-10(13)17-7-8-6-16-8;;/h2,8-9H,1,3-7,12H2;;/t8?,9-;;/m0../s1. The number of hydrogen-bond acceptors (Lipinski definition) is 6. The third-order valence-corrected chi connectivity index (χ3v) is 2.14. The summed E-state index contributed by atoms with van der Waals surface area (Å²) in [6, 6.07) is -0.806. The van der Waals surface area contributed by atoms with E-state index in [1.54, 1.807) is 0 Å². The summed E-state index contributed by atoms with van der Waals surface area (Å²) in [5, 5.41) is 0. The first kappa shape index (κ1) is 17.6. The van der Waals surface area contributed by atoms with Gasteiger partial charge in [-0.05, 0) is 6.42 Å². The second kappa shape index (κ2) is 9.52. The van der Waals surface area contributed by atoms with Gasteiger partial charge in [-0.2, -0.15) is 0 Å². The number of rotatable bonds is 8. The molecule has 7 heteroatoms. The number of esters is 2. The molecular weight excluding hydrogens is 249 g/mol. The van der Waals surface area contributed by atoms with Crippen LogP contribution in [0, 0.1) is 0 Å². The molecule has 1 heterocycles. The number of ether oxygens (including phenoxy) is 3. The summed E-state index contributed by atoms with van der Waals surface area (Å²) in [6.45, 7) is 4.44. The fourth-order valence-corrected chi connectivity index (χ4v) is 1.06. The van der Waals surface area contributed by atoms with Gasteiger partial charge in [0.15, 0.2) is 0 Å². The van der Waals surface area contributed by atoms with Crippen molar-refractivity contribution >= 4 is 41.5 Å². The predicted molar refractivity (Wildman–Crippen MR) is 66.2 cm³/mol. The van der Waals surface area contributed by atoms with E-state index in [0.717, 1.165) is 0 Å². The van der Waals surface area contributed by atoms with Crippen molar-refractivity contribution in [2.45, 2.75) is 25.0 Å². The molecule has 18 heavy (non-hydrogen) atoms. The summed E-state index contributed by atoms with van der Waals surface area (Å²) in [5.74, 6) is -0.921. The molecular formula is C11H18NNaO5. The van der Waals surface area contributed by atoms with Crippen LogP contribution >= 0.6 is 0 Å². The Morgan fingerprint density at radius 2 is 2.17 bits per heavy atom. The predicted octanol–water partition coefficient (Wildman–Crippen LogP) is -0.883. The van der Waals surface area contributed by atoms with Gasteiger partial charge in [0, 0.05) is 6.42 Å². The molecule has 0 aromatic carbocycles. The third-order valence-electron chi connectivity index (χ3n) is 2.14. The van der Waals surface area contributed by atoms with E-state index in [9.17, 15) is 9.59 Å². The molecule has 2 N–H and O–H groups in total. The van der Waals surface area contributed by atoms with Crippen LogP contribution < -0.4 is 5.73 Å². The summed E-state index contributed by atoms with van der Waals surface area (Å²) in [5.41, 5.74) is 5.53. The van der Waals surface area contributed by atoms with Crippen molar-refractivity contribution in [2.75, 3.05) is 19.8 Å². The minimum atomic E-state index is -0.806. The number of hydrogen-bond donors (Lipinski definition) is 1. The molecule has 0 bridgehead atoms. The van der Waals surface area contributed by atoms with E-state index in [4.69, 9.17) is 19.9 Å². The summed E-state index contributed by atoms with van der Waals surface area (Å²) < 4.78 is 14.5. The Balaban J connectivity index is 0.00000289. The normalized spacial score (nSPS) is 18.2. The molecule has 1 saturated heterocycles. The molecule has 2 atom stereocenters. The van der Waals surface area contributed by atoms with Gasteiger partial charge < -0.3 is 19.9 Å². The van der Waals surface area contributed by atoms with Crippen LogP contribution in [0.4, 0.5) is 0 Å². The van der Waals surface area contributed by atoms with Crippen LogP contribution in [0.5, 0.6) is 0 Å². The summed E-state index contributed by atoms with van der Waals surface area (Å²) in [4.78, 5) is 22.4. The van der Waals surface area contributed by atoms with Gasteiger partial charge in [0.05, 0.1) is 6.61 Å². The van der Waals surface area contributed by atoms with Gasteiger partial charge in [0.1, 0.15) is 25.4 Å². The topological polar surface area (TPSA) is 91.2 Å². The molecule has 1 rings (SSSR count). The first-order valence-corrected chi connectivity index (χ1v) is 5.44. The van der Waals surface area contributed by atoms with Crippen molar-refractivity contribution in [3.8, 4) is 0 Å². The van der Waals surface area contributed by atoms with Crippen molar-refractivity contribution in [1.29, 1.82) is 0 Å². The maximum atomic E-state index is 11.2. The van der Waals surface area contributed by atoms with E-state index in [2.05, 4.69) is 6.58 Å². The van der Waals surface area contributed by atoms with Crippen molar-refractivity contribution in [1.82, 2.24) is 0 Å². The zero-order chi connectivity index (χ0) is 12.7. The van der Waals surface area contributed by atoms with E-state index in [1.807, 2.05) is 0 Å². The fraction of sp³-hybridized carbons (Fsp3) is 0.636. The molecule has 1 fully saturated rings. The van der Waals surface area contributed by atoms with Crippen molar-refractivity contribution in [2.24, 2.45) is 5.73 Å². The van der Waals surface area contributed by atoms with Crippen LogP contribution in [0.3, 0.4) is 0 Å². The Hall–Kier alpha value is -0.400. The second-order valence-corrected chi connectivity index (χ2v) is 3.70. The molecule has 1 unspecified atom stereocenters. The molecule has 0 aromatic rings. The second-order valence-electron chi connectivity index (χ2n) is 3.70. The Morgan fingerprint density at radius 3 is 2.72 bits per heavy atom. The Kier molecular flexibility index (Phi) is 9.31. The zero-order valence-electron chi connectivity index (χ0n) is 9.59. The first-order chi connectivity index (χ1) is 8.13. The van der Waals surface area contributed by atoms with Crippen LogP contribution in [0.15, 0.2) is 12.7 Å². The van der Waals surface area contributed by atoms with E-state index in [1.165, 1.54) is 6.08 Å². The first-order valence-electron chi connectivity index (χ1n) is 5.44. The van der Waals surface area contributed by atoms with Gasteiger partial charge >= 0.3 is 41.5 Å². The molecule has 98 valence electrons. The summed E-state index contributed by atoms with van der Waals surface area (Å²) in [7, 11) is 0. The van der Waals surface area contributed by atoms with E-state index >= 15 is 0 Å². The van der Waals surface area contributed by atoms with Crippen LogP contribution in [0.1, 0.15) is 12.8 Å². The molecule has 1 aliphatic heterocycles. The third kappa shape index (κ3) is 7.84. The van der Waals surface area contributed by atoms with Crippen LogP contribution in [0.2, 0.25) is 0 Å². The van der Waals surface area contributed by atoms with Gasteiger partial charge in [-0.25, -0.2) is 0 Å². The van der Waals surface area contributed by atoms with Gasteiger partial charge in [-0.15, -0.1) is 0 Å². The molecule has 0 saturated carbocycles. The Morgan fingerprint density at radius 1 is 1.50 bits per heavy atom. The zero-order valence-corrected chi connectivity index (χ0v) is 9.59. The monoisotopic (exact) mass is 267 g/mol. The van der Waals surface area contributed by atoms with Crippen molar-refractivity contribution < 1.29 is 23.8 Å². The molecule has 0 aromatic heterocycles. The number of nitrogens with two attached hydrogens (primary N) is 1. The molecule has 6 nitrogen and oxygen atoms in total. The molecule has 0 amide bonds. The minimum absolute atomic E-state index is 0. The Bertz CT molecular complexity index is 293. The van der Waals surface area contributed by atoms with Crippen LogP contribution in [-0.2, 0) is 23.8 Å². The van der Waals surface area contributed by atoms with Crippen LogP contribution in [-0.4, -0.2) is 73.5 Å². The van der Waals surface area contributed by atoms with Gasteiger partial charge in [0.25, 0.3) is 0 Å². The molecule has 0 radical (unpaired) electrons. The SMILES string of the molecule is C=CCOC(=O)[C@@H](N)CCC(=O)OCC1CO1.[NaH]. The van der Waals surface area contributed by atoms with E-state index in [0.29, 0.717) is 6.61 Å². The quantitative estimate of drug-likeness (QED) is 0.266. The fourth-order valence-electron chi connectivity index (χ4n) is 1.06. The van der Waals surface area contributed by atoms with Gasteiger partial charge in [-0.3, -0.25) is 9.59 Å². The number of carbonyl (C=O) groups excluding carboxylic acids is 2.